The lowest BCUT2D eigenvalue weighted by atomic mass is 9.78. The van der Waals surface area contributed by atoms with Crippen LogP contribution in [-0.4, -0.2) is 59.6 Å². The number of piperidine rings is 1. The molecule has 2 fully saturated rings. The van der Waals surface area contributed by atoms with Crippen molar-refractivity contribution < 1.29 is 14.3 Å². The molecule has 2 heterocycles. The molecular formula is C16H29N3O3. The molecule has 2 rings (SSSR count). The Labute approximate surface area is 132 Å². The second-order valence-electron chi connectivity index (χ2n) is 7.77. The number of carbonyl (C=O) groups is 2. The lowest BCUT2D eigenvalue weighted by Gasteiger charge is -2.39. The molecule has 0 radical (unpaired) electrons. The Bertz CT molecular complexity index is 434. The molecule has 0 bridgehead atoms. The van der Waals surface area contributed by atoms with Gasteiger partial charge in [-0.15, -0.1) is 0 Å². The largest absolute Gasteiger partial charge is 0.444 e. The van der Waals surface area contributed by atoms with Gasteiger partial charge in [0.25, 0.3) is 0 Å². The first-order valence-corrected chi connectivity index (χ1v) is 8.14. The first kappa shape index (κ1) is 17.1. The standard InChI is InChI=1S/C16H29N3O3/c1-12(17)13(20)19-10-7-16(11-19)5-8-18(9-6-16)14(21)22-15(2,3)4/h12H,5-11,17H2,1-4H3/t12-/m0/s1. The smallest absolute Gasteiger partial charge is 0.410 e. The highest BCUT2D eigenvalue weighted by Crippen LogP contribution is 2.40. The van der Waals surface area contributed by atoms with Gasteiger partial charge in [0.05, 0.1) is 6.04 Å². The summed E-state index contributed by atoms with van der Waals surface area (Å²) in [4.78, 5) is 27.8. The van der Waals surface area contributed by atoms with Gasteiger partial charge in [0, 0.05) is 26.2 Å². The number of hydrogen-bond acceptors (Lipinski definition) is 4. The van der Waals surface area contributed by atoms with E-state index in [0.717, 1.165) is 32.4 Å². The van der Waals surface area contributed by atoms with Crippen molar-refractivity contribution in [3.8, 4) is 0 Å². The zero-order chi connectivity index (χ0) is 16.5. The number of nitrogens with zero attached hydrogens (tertiary/aromatic N) is 2. The van der Waals surface area contributed by atoms with Gasteiger partial charge in [0.1, 0.15) is 5.60 Å². The molecule has 2 aliphatic heterocycles. The lowest BCUT2D eigenvalue weighted by molar-refractivity contribution is -0.131. The van der Waals surface area contributed by atoms with Crippen LogP contribution in [0, 0.1) is 5.41 Å². The van der Waals surface area contributed by atoms with Crippen LogP contribution in [0.3, 0.4) is 0 Å². The van der Waals surface area contributed by atoms with E-state index in [9.17, 15) is 9.59 Å². The minimum absolute atomic E-state index is 0.0337. The van der Waals surface area contributed by atoms with E-state index in [0.29, 0.717) is 13.1 Å². The summed E-state index contributed by atoms with van der Waals surface area (Å²) in [5.41, 5.74) is 5.39. The monoisotopic (exact) mass is 311 g/mol. The molecule has 0 aromatic rings. The number of hydrogen-bond donors (Lipinski definition) is 1. The average molecular weight is 311 g/mol. The fourth-order valence-corrected chi connectivity index (χ4v) is 3.31. The highest BCUT2D eigenvalue weighted by molar-refractivity contribution is 5.81. The Balaban J connectivity index is 1.87. The van der Waals surface area contributed by atoms with Crippen molar-refractivity contribution in [3.05, 3.63) is 0 Å². The van der Waals surface area contributed by atoms with Crippen LogP contribution in [-0.2, 0) is 9.53 Å². The van der Waals surface area contributed by atoms with Crippen molar-refractivity contribution in [2.45, 2.75) is 58.6 Å². The molecule has 2 saturated heterocycles. The number of rotatable bonds is 1. The van der Waals surface area contributed by atoms with E-state index < -0.39 is 11.6 Å². The molecule has 6 nitrogen and oxygen atoms in total. The molecule has 2 N–H and O–H groups in total. The molecule has 1 spiro atoms. The lowest BCUT2D eigenvalue weighted by Crippen LogP contribution is -2.47. The van der Waals surface area contributed by atoms with Crippen LogP contribution in [0.1, 0.15) is 47.0 Å². The van der Waals surface area contributed by atoms with Gasteiger partial charge in [0.15, 0.2) is 0 Å². The van der Waals surface area contributed by atoms with Gasteiger partial charge in [-0.1, -0.05) is 0 Å². The Morgan fingerprint density at radius 3 is 2.05 bits per heavy atom. The van der Waals surface area contributed by atoms with Crippen molar-refractivity contribution in [2.24, 2.45) is 11.1 Å². The van der Waals surface area contributed by atoms with E-state index in [4.69, 9.17) is 10.5 Å². The second kappa shape index (κ2) is 6.07. The Morgan fingerprint density at radius 1 is 1.09 bits per heavy atom. The van der Waals surface area contributed by atoms with Crippen molar-refractivity contribution in [1.29, 1.82) is 0 Å². The van der Waals surface area contributed by atoms with Gasteiger partial charge in [-0.25, -0.2) is 4.79 Å². The van der Waals surface area contributed by atoms with Crippen LogP contribution in [0.25, 0.3) is 0 Å². The molecule has 2 aliphatic rings. The van der Waals surface area contributed by atoms with Gasteiger partial charge in [-0.3, -0.25) is 4.79 Å². The first-order valence-electron chi connectivity index (χ1n) is 8.14. The van der Waals surface area contributed by atoms with Crippen LogP contribution in [0.4, 0.5) is 4.79 Å². The van der Waals surface area contributed by atoms with E-state index >= 15 is 0 Å². The fraction of sp³-hybridized carbons (Fsp3) is 0.875. The van der Waals surface area contributed by atoms with E-state index in [1.807, 2.05) is 25.7 Å². The summed E-state index contributed by atoms with van der Waals surface area (Å²) < 4.78 is 5.42. The van der Waals surface area contributed by atoms with Crippen LogP contribution in [0.15, 0.2) is 0 Å². The molecule has 0 aromatic heterocycles. The number of ether oxygens (including phenoxy) is 1. The predicted octanol–water partition coefficient (Wildman–Crippen LogP) is 1.58. The number of carbonyl (C=O) groups excluding carboxylic acids is 2. The summed E-state index contributed by atoms with van der Waals surface area (Å²) in [6.45, 7) is 10.3. The molecular weight excluding hydrogens is 282 g/mol. The van der Waals surface area contributed by atoms with Crippen LogP contribution in [0.5, 0.6) is 0 Å². The molecule has 6 heteroatoms. The Morgan fingerprint density at radius 2 is 1.59 bits per heavy atom. The molecule has 1 atom stereocenters. The number of nitrogens with two attached hydrogens (primary N) is 1. The van der Waals surface area contributed by atoms with Crippen molar-refractivity contribution in [1.82, 2.24) is 9.80 Å². The van der Waals surface area contributed by atoms with Gasteiger partial charge in [-0.2, -0.15) is 0 Å². The maximum atomic E-state index is 12.1. The fourth-order valence-electron chi connectivity index (χ4n) is 3.31. The van der Waals surface area contributed by atoms with E-state index in [1.165, 1.54) is 0 Å². The van der Waals surface area contributed by atoms with E-state index in [-0.39, 0.29) is 17.4 Å². The van der Waals surface area contributed by atoms with Crippen molar-refractivity contribution in [2.75, 3.05) is 26.2 Å². The summed E-state index contributed by atoms with van der Waals surface area (Å²) in [6.07, 6.45) is 2.63. The molecule has 0 aromatic carbocycles. The summed E-state index contributed by atoms with van der Waals surface area (Å²) >= 11 is 0. The van der Waals surface area contributed by atoms with Gasteiger partial charge in [-0.05, 0) is 52.4 Å². The van der Waals surface area contributed by atoms with Crippen LogP contribution in [0.2, 0.25) is 0 Å². The molecule has 0 saturated carbocycles. The summed E-state index contributed by atoms with van der Waals surface area (Å²) in [6, 6.07) is -0.433. The minimum atomic E-state index is -0.458. The molecule has 22 heavy (non-hydrogen) atoms. The molecule has 0 unspecified atom stereocenters. The summed E-state index contributed by atoms with van der Waals surface area (Å²) in [5, 5.41) is 0. The molecule has 2 amide bonds. The zero-order valence-corrected chi connectivity index (χ0v) is 14.2. The third-order valence-electron chi connectivity index (χ3n) is 4.62. The highest BCUT2D eigenvalue weighted by atomic mass is 16.6. The third kappa shape index (κ3) is 3.91. The first-order chi connectivity index (χ1) is 10.1. The van der Waals surface area contributed by atoms with Gasteiger partial charge < -0.3 is 20.3 Å². The maximum absolute atomic E-state index is 12.1. The predicted molar refractivity (Wildman–Crippen MR) is 84.3 cm³/mol. The molecule has 0 aliphatic carbocycles. The SMILES string of the molecule is C[C@H](N)C(=O)N1CCC2(CCN(C(=O)OC(C)(C)C)CC2)C1. The average Bonchev–Trinajstić information content (AvgIpc) is 2.80. The normalized spacial score (nSPS) is 22.8. The van der Waals surface area contributed by atoms with Crippen molar-refractivity contribution >= 4 is 12.0 Å². The van der Waals surface area contributed by atoms with E-state index in [2.05, 4.69) is 0 Å². The third-order valence-corrected chi connectivity index (χ3v) is 4.62. The van der Waals surface area contributed by atoms with E-state index in [1.54, 1.807) is 11.8 Å². The number of amides is 2. The summed E-state index contributed by atoms with van der Waals surface area (Å²) in [7, 11) is 0. The minimum Gasteiger partial charge on any atom is -0.444 e. The Kier molecular flexibility index (Phi) is 4.70. The van der Waals surface area contributed by atoms with Gasteiger partial charge >= 0.3 is 6.09 Å². The molecule has 126 valence electrons. The number of likely N-dealkylation sites (tertiary alicyclic amines) is 2. The van der Waals surface area contributed by atoms with Crippen molar-refractivity contribution in [3.63, 3.8) is 0 Å². The summed E-state index contributed by atoms with van der Waals surface area (Å²) in [5.74, 6) is 0.0337. The van der Waals surface area contributed by atoms with Crippen LogP contribution >= 0.6 is 0 Å². The Hall–Kier alpha value is -1.30. The van der Waals surface area contributed by atoms with Gasteiger partial charge in [0.2, 0.25) is 5.91 Å². The quantitative estimate of drug-likeness (QED) is 0.798. The van der Waals surface area contributed by atoms with Crippen LogP contribution < -0.4 is 5.73 Å². The second-order valence-corrected chi connectivity index (χ2v) is 7.77. The highest BCUT2D eigenvalue weighted by Gasteiger charge is 2.43. The maximum Gasteiger partial charge on any atom is 0.410 e. The zero-order valence-electron chi connectivity index (χ0n) is 14.2. The topological polar surface area (TPSA) is 75.9 Å².